The molecule has 5 aromatic rings. The van der Waals surface area contributed by atoms with Gasteiger partial charge in [0.15, 0.2) is 6.10 Å². The first-order valence-electron chi connectivity index (χ1n) is 17.5. The van der Waals surface area contributed by atoms with Gasteiger partial charge >= 0.3 is 5.97 Å². The zero-order valence-electron chi connectivity index (χ0n) is 29.2. The number of rotatable bonds is 16. The Hall–Kier alpha value is -4.63. The van der Waals surface area contributed by atoms with E-state index < -0.39 is 42.1 Å². The highest BCUT2D eigenvalue weighted by molar-refractivity contribution is 5.66. The standard InChI is InChI=1S/C44H46O7/c1-33(45)51-39-40(46-28-34-18-8-3-9-19-34)42(48-30-36-22-12-5-13-23-36)44(2,50-32-38-26-16-7-17-27-38)43(49-31-37-24-14-6-15-25-37)41(39)47-29-35-20-10-4-11-21-35/h3-27,39-43H,28-32H2,1-2H3/t39?,40-,41+,42+,43-,44?. The fraction of sp³-hybridized carbons (Fsp3) is 0.295. The van der Waals surface area contributed by atoms with Crippen molar-refractivity contribution in [2.45, 2.75) is 83.0 Å². The smallest absolute Gasteiger partial charge is 0.303 e. The highest BCUT2D eigenvalue weighted by Crippen LogP contribution is 2.42. The van der Waals surface area contributed by atoms with Gasteiger partial charge in [0.1, 0.15) is 30.0 Å². The lowest BCUT2D eigenvalue weighted by atomic mass is 9.74. The molecule has 264 valence electrons. The molecular weight excluding hydrogens is 640 g/mol. The number of benzene rings is 5. The van der Waals surface area contributed by atoms with E-state index in [-0.39, 0.29) is 33.0 Å². The lowest BCUT2D eigenvalue weighted by molar-refractivity contribution is -0.319. The summed E-state index contributed by atoms with van der Waals surface area (Å²) in [5.41, 5.74) is 3.75. The Labute approximate surface area is 301 Å². The van der Waals surface area contributed by atoms with Gasteiger partial charge in [-0.3, -0.25) is 4.79 Å². The molecule has 5 aromatic carbocycles. The van der Waals surface area contributed by atoms with Gasteiger partial charge in [-0.1, -0.05) is 152 Å². The SMILES string of the molecule is CC(=O)OC1[C@@H](OCc2ccccc2)[C@H](OCc2ccccc2)C(C)(OCc2ccccc2)[C@H](OCc2ccccc2)[C@H]1OCc1ccccc1. The molecule has 0 amide bonds. The van der Waals surface area contributed by atoms with Crippen molar-refractivity contribution in [2.24, 2.45) is 0 Å². The number of ether oxygens (including phenoxy) is 6. The van der Waals surface area contributed by atoms with E-state index >= 15 is 0 Å². The maximum absolute atomic E-state index is 12.9. The molecule has 2 unspecified atom stereocenters. The quantitative estimate of drug-likeness (QED) is 0.0969. The first-order valence-corrected chi connectivity index (χ1v) is 17.5. The van der Waals surface area contributed by atoms with E-state index in [2.05, 4.69) is 0 Å². The van der Waals surface area contributed by atoms with Crippen molar-refractivity contribution in [3.05, 3.63) is 179 Å². The van der Waals surface area contributed by atoms with Gasteiger partial charge in [-0.25, -0.2) is 0 Å². The summed E-state index contributed by atoms with van der Waals surface area (Å²) in [6, 6.07) is 49.8. The second-order valence-electron chi connectivity index (χ2n) is 13.0. The summed E-state index contributed by atoms with van der Waals surface area (Å²) in [6.45, 7) is 4.74. The van der Waals surface area contributed by atoms with Crippen molar-refractivity contribution in [1.82, 2.24) is 0 Å². The van der Waals surface area contributed by atoms with Crippen LogP contribution in [0.15, 0.2) is 152 Å². The number of carbonyl (C=O) groups is 1. The van der Waals surface area contributed by atoms with Crippen LogP contribution < -0.4 is 0 Å². The summed E-state index contributed by atoms with van der Waals surface area (Å²) < 4.78 is 40.7. The van der Waals surface area contributed by atoms with E-state index in [9.17, 15) is 4.79 Å². The maximum Gasteiger partial charge on any atom is 0.303 e. The third-order valence-corrected chi connectivity index (χ3v) is 9.18. The molecule has 0 bridgehead atoms. The summed E-state index contributed by atoms with van der Waals surface area (Å²) in [6.07, 6.45) is -4.00. The van der Waals surface area contributed by atoms with E-state index in [0.717, 1.165) is 27.8 Å². The Bertz CT molecular complexity index is 1640. The predicted octanol–water partition coefficient (Wildman–Crippen LogP) is 8.25. The highest BCUT2D eigenvalue weighted by atomic mass is 16.6. The summed E-state index contributed by atoms with van der Waals surface area (Å²) in [7, 11) is 0. The average molecular weight is 687 g/mol. The van der Waals surface area contributed by atoms with Crippen LogP contribution in [0.5, 0.6) is 0 Å². The Balaban J connectivity index is 1.45. The van der Waals surface area contributed by atoms with Crippen LogP contribution in [0.1, 0.15) is 41.7 Å². The molecule has 7 heteroatoms. The Morgan fingerprint density at radius 1 is 0.451 bits per heavy atom. The molecule has 0 aliphatic heterocycles. The third kappa shape index (κ3) is 9.79. The minimum absolute atomic E-state index is 0.254. The van der Waals surface area contributed by atoms with Crippen LogP contribution in [0, 0.1) is 0 Å². The molecule has 0 N–H and O–H groups in total. The van der Waals surface area contributed by atoms with Gasteiger partial charge in [-0.15, -0.1) is 0 Å². The molecule has 0 spiro atoms. The van der Waals surface area contributed by atoms with Crippen molar-refractivity contribution >= 4 is 5.97 Å². The van der Waals surface area contributed by atoms with Gasteiger partial charge in [-0.2, -0.15) is 0 Å². The van der Waals surface area contributed by atoms with Crippen LogP contribution in [0.3, 0.4) is 0 Å². The van der Waals surface area contributed by atoms with E-state index in [1.54, 1.807) is 0 Å². The molecule has 0 saturated heterocycles. The summed E-state index contributed by atoms with van der Waals surface area (Å²) in [5, 5.41) is 0. The zero-order chi connectivity index (χ0) is 35.3. The minimum Gasteiger partial charge on any atom is -0.457 e. The average Bonchev–Trinajstić information content (AvgIpc) is 3.17. The summed E-state index contributed by atoms with van der Waals surface area (Å²) in [5.74, 6) is -0.459. The summed E-state index contributed by atoms with van der Waals surface area (Å²) >= 11 is 0. The third-order valence-electron chi connectivity index (χ3n) is 9.18. The summed E-state index contributed by atoms with van der Waals surface area (Å²) in [4.78, 5) is 12.9. The van der Waals surface area contributed by atoms with Crippen molar-refractivity contribution in [3.8, 4) is 0 Å². The monoisotopic (exact) mass is 686 g/mol. The van der Waals surface area contributed by atoms with E-state index in [1.165, 1.54) is 6.92 Å². The first kappa shape index (κ1) is 36.2. The molecule has 51 heavy (non-hydrogen) atoms. The van der Waals surface area contributed by atoms with E-state index in [1.807, 2.05) is 159 Å². The van der Waals surface area contributed by atoms with Gasteiger partial charge in [0.25, 0.3) is 0 Å². The van der Waals surface area contributed by atoms with E-state index in [0.29, 0.717) is 0 Å². The van der Waals surface area contributed by atoms with Crippen LogP contribution in [0.25, 0.3) is 0 Å². The topological polar surface area (TPSA) is 72.5 Å². The number of hydrogen-bond donors (Lipinski definition) is 0. The maximum atomic E-state index is 12.9. The van der Waals surface area contributed by atoms with Crippen molar-refractivity contribution in [1.29, 1.82) is 0 Å². The molecule has 1 fully saturated rings. The fourth-order valence-electron chi connectivity index (χ4n) is 6.59. The largest absolute Gasteiger partial charge is 0.457 e. The fourth-order valence-corrected chi connectivity index (χ4v) is 6.59. The normalized spacial score (nSPS) is 23.1. The molecule has 0 heterocycles. The molecule has 7 nitrogen and oxygen atoms in total. The van der Waals surface area contributed by atoms with Gasteiger partial charge in [0.2, 0.25) is 0 Å². The van der Waals surface area contributed by atoms with Gasteiger partial charge in [-0.05, 0) is 34.7 Å². The minimum atomic E-state index is -1.15. The van der Waals surface area contributed by atoms with Crippen LogP contribution >= 0.6 is 0 Å². The van der Waals surface area contributed by atoms with Crippen molar-refractivity contribution < 1.29 is 33.2 Å². The highest BCUT2D eigenvalue weighted by Gasteiger charge is 2.62. The van der Waals surface area contributed by atoms with E-state index in [4.69, 9.17) is 28.4 Å². The van der Waals surface area contributed by atoms with Crippen molar-refractivity contribution in [3.63, 3.8) is 0 Å². The molecular formula is C44H46O7. The van der Waals surface area contributed by atoms with Crippen LogP contribution in [-0.4, -0.2) is 42.1 Å². The number of esters is 1. The lowest BCUT2D eigenvalue weighted by Gasteiger charge is -2.54. The Morgan fingerprint density at radius 2 is 0.745 bits per heavy atom. The van der Waals surface area contributed by atoms with Crippen LogP contribution in [0.4, 0.5) is 0 Å². The number of hydrogen-bond acceptors (Lipinski definition) is 7. The van der Waals surface area contributed by atoms with Gasteiger partial charge in [0, 0.05) is 6.92 Å². The van der Waals surface area contributed by atoms with Gasteiger partial charge < -0.3 is 28.4 Å². The molecule has 6 rings (SSSR count). The molecule has 0 radical (unpaired) electrons. The van der Waals surface area contributed by atoms with Crippen LogP contribution in [-0.2, 0) is 66.3 Å². The number of carbonyl (C=O) groups excluding carboxylic acids is 1. The second-order valence-corrected chi connectivity index (χ2v) is 13.0. The predicted molar refractivity (Wildman–Crippen MR) is 195 cm³/mol. The molecule has 6 atom stereocenters. The Morgan fingerprint density at radius 3 is 1.06 bits per heavy atom. The van der Waals surface area contributed by atoms with Crippen molar-refractivity contribution in [2.75, 3.05) is 0 Å². The second kappa shape index (κ2) is 18.0. The molecule has 1 saturated carbocycles. The lowest BCUT2D eigenvalue weighted by Crippen LogP contribution is -2.73. The zero-order valence-corrected chi connectivity index (χ0v) is 29.2. The molecule has 0 aromatic heterocycles. The molecule has 1 aliphatic carbocycles. The van der Waals surface area contributed by atoms with Gasteiger partial charge in [0.05, 0.1) is 33.0 Å². The van der Waals surface area contributed by atoms with Crippen LogP contribution in [0.2, 0.25) is 0 Å². The first-order chi connectivity index (χ1) is 25.0. The molecule has 1 aliphatic rings. The Kier molecular flexibility index (Phi) is 12.8.